The van der Waals surface area contributed by atoms with Crippen LogP contribution in [0.4, 0.5) is 16.2 Å². The molecule has 0 bridgehead atoms. The van der Waals surface area contributed by atoms with E-state index in [0.29, 0.717) is 5.69 Å². The molecule has 0 aliphatic rings. The number of thiophene rings is 1. The summed E-state index contributed by atoms with van der Waals surface area (Å²) < 4.78 is 27.7. The number of carbonyl (C=O) groups excluding carboxylic acids is 2. The third-order valence-corrected chi connectivity index (χ3v) is 6.46. The average Bonchev–Trinajstić information content (AvgIpc) is 3.24. The van der Waals surface area contributed by atoms with Gasteiger partial charge in [-0.25, -0.2) is 13.2 Å². The van der Waals surface area contributed by atoms with E-state index < -0.39 is 28.0 Å². The van der Waals surface area contributed by atoms with Crippen LogP contribution in [-0.4, -0.2) is 20.4 Å². The molecule has 1 atom stereocenters. The highest BCUT2D eigenvalue weighted by Gasteiger charge is 2.20. The summed E-state index contributed by atoms with van der Waals surface area (Å²) >= 11 is 1.39. The van der Waals surface area contributed by atoms with E-state index in [1.807, 2.05) is 5.38 Å². The summed E-state index contributed by atoms with van der Waals surface area (Å²) in [6.45, 7) is 0. The number of primary amides is 1. The predicted molar refractivity (Wildman–Crippen MR) is 117 cm³/mol. The van der Waals surface area contributed by atoms with Crippen LogP contribution >= 0.6 is 11.3 Å². The van der Waals surface area contributed by atoms with E-state index in [4.69, 9.17) is 5.73 Å². The molecule has 0 saturated carbocycles. The van der Waals surface area contributed by atoms with Crippen LogP contribution in [0.5, 0.6) is 0 Å². The molecule has 0 unspecified atom stereocenters. The van der Waals surface area contributed by atoms with Crippen molar-refractivity contribution < 1.29 is 18.0 Å². The lowest BCUT2D eigenvalue weighted by molar-refractivity contribution is -0.116. The first kappa shape index (κ1) is 21.3. The molecule has 10 heteroatoms. The highest BCUT2D eigenvalue weighted by atomic mass is 32.2. The number of hydrogen-bond donors (Lipinski definition) is 4. The monoisotopic (exact) mass is 444 g/mol. The molecule has 0 aliphatic carbocycles. The van der Waals surface area contributed by atoms with E-state index >= 15 is 0 Å². The standard InChI is InChI=1S/C20H20N4O4S2/c21-20(26)23-17(18-11-6-12-29-18)13-19(25)22-15-9-4-5-10-16(15)24-30(27,28)14-7-2-1-3-8-14/h1-12,17,24H,13H2,(H,22,25)(H3,21,23,26)/t17-/m0/s1. The minimum Gasteiger partial charge on any atom is -0.352 e. The number of hydrogen-bond acceptors (Lipinski definition) is 5. The molecule has 2 aromatic carbocycles. The van der Waals surface area contributed by atoms with E-state index in [0.717, 1.165) is 4.88 Å². The van der Waals surface area contributed by atoms with Gasteiger partial charge in [-0.1, -0.05) is 36.4 Å². The molecule has 3 aromatic rings. The van der Waals surface area contributed by atoms with Gasteiger partial charge in [-0.15, -0.1) is 11.3 Å². The van der Waals surface area contributed by atoms with Gasteiger partial charge in [-0.3, -0.25) is 9.52 Å². The van der Waals surface area contributed by atoms with Gasteiger partial charge >= 0.3 is 6.03 Å². The second-order valence-corrected chi connectivity index (χ2v) is 8.95. The van der Waals surface area contributed by atoms with Gasteiger partial charge in [0.25, 0.3) is 10.0 Å². The fraction of sp³-hybridized carbons (Fsp3) is 0.100. The van der Waals surface area contributed by atoms with Gasteiger partial charge in [0.2, 0.25) is 5.91 Å². The van der Waals surface area contributed by atoms with Crippen molar-refractivity contribution in [2.45, 2.75) is 17.4 Å². The molecule has 0 aliphatic heterocycles. The number of nitrogens with two attached hydrogens (primary N) is 1. The van der Waals surface area contributed by atoms with Crippen molar-refractivity contribution in [3.8, 4) is 0 Å². The Morgan fingerprint density at radius 1 is 0.933 bits per heavy atom. The zero-order chi connectivity index (χ0) is 21.6. The summed E-state index contributed by atoms with van der Waals surface area (Å²) in [6, 6.07) is 16.7. The van der Waals surface area contributed by atoms with Crippen molar-refractivity contribution in [1.29, 1.82) is 0 Å². The lowest BCUT2D eigenvalue weighted by Crippen LogP contribution is -2.35. The Hall–Kier alpha value is -3.37. The number of para-hydroxylation sites is 2. The lowest BCUT2D eigenvalue weighted by Gasteiger charge is -2.17. The normalized spacial score (nSPS) is 12.0. The summed E-state index contributed by atoms with van der Waals surface area (Å²) in [5.74, 6) is -0.409. The van der Waals surface area contributed by atoms with Crippen LogP contribution in [0.15, 0.2) is 77.0 Å². The molecule has 5 N–H and O–H groups in total. The zero-order valence-corrected chi connectivity index (χ0v) is 17.4. The number of urea groups is 1. The van der Waals surface area contributed by atoms with Gasteiger partial charge in [-0.2, -0.15) is 0 Å². The van der Waals surface area contributed by atoms with E-state index in [2.05, 4.69) is 15.4 Å². The van der Waals surface area contributed by atoms with Crippen molar-refractivity contribution in [1.82, 2.24) is 5.32 Å². The number of anilines is 2. The highest BCUT2D eigenvalue weighted by Crippen LogP contribution is 2.26. The number of carbonyl (C=O) groups is 2. The number of amides is 3. The molecule has 0 radical (unpaired) electrons. The predicted octanol–water partition coefficient (Wildman–Crippen LogP) is 3.29. The minimum atomic E-state index is -3.82. The van der Waals surface area contributed by atoms with Crippen LogP contribution in [0.25, 0.3) is 0 Å². The Morgan fingerprint density at radius 3 is 2.23 bits per heavy atom. The SMILES string of the molecule is NC(=O)N[C@@H](CC(=O)Nc1ccccc1NS(=O)(=O)c1ccccc1)c1cccs1. The molecule has 0 spiro atoms. The second-order valence-electron chi connectivity index (χ2n) is 6.29. The molecular weight excluding hydrogens is 424 g/mol. The molecule has 3 rings (SSSR count). The second kappa shape index (κ2) is 9.42. The van der Waals surface area contributed by atoms with Gasteiger partial charge < -0.3 is 16.4 Å². The van der Waals surface area contributed by atoms with Crippen molar-refractivity contribution in [3.63, 3.8) is 0 Å². The molecule has 1 aromatic heterocycles. The maximum Gasteiger partial charge on any atom is 0.312 e. The van der Waals surface area contributed by atoms with E-state index in [1.54, 1.807) is 54.6 Å². The van der Waals surface area contributed by atoms with Crippen LogP contribution in [-0.2, 0) is 14.8 Å². The van der Waals surface area contributed by atoms with E-state index in [1.165, 1.54) is 23.5 Å². The van der Waals surface area contributed by atoms with Gasteiger partial charge in [-0.05, 0) is 35.7 Å². The fourth-order valence-electron chi connectivity index (χ4n) is 2.76. The Kier molecular flexibility index (Phi) is 6.70. The molecular formula is C20H20N4O4S2. The van der Waals surface area contributed by atoms with Crippen molar-refractivity contribution >= 4 is 44.7 Å². The first-order valence-corrected chi connectivity index (χ1v) is 11.3. The Bertz CT molecular complexity index is 1120. The Labute approximate surface area is 178 Å². The van der Waals surface area contributed by atoms with Gasteiger partial charge in [0, 0.05) is 4.88 Å². The summed E-state index contributed by atoms with van der Waals surface area (Å²) in [5.41, 5.74) is 5.75. The van der Waals surface area contributed by atoms with E-state index in [-0.39, 0.29) is 17.0 Å². The van der Waals surface area contributed by atoms with Crippen molar-refractivity contribution in [3.05, 3.63) is 77.0 Å². The van der Waals surface area contributed by atoms with Crippen molar-refractivity contribution in [2.75, 3.05) is 10.0 Å². The van der Waals surface area contributed by atoms with Crippen LogP contribution < -0.4 is 21.1 Å². The lowest BCUT2D eigenvalue weighted by atomic mass is 10.1. The maximum atomic E-state index is 12.6. The largest absolute Gasteiger partial charge is 0.352 e. The third-order valence-electron chi connectivity index (χ3n) is 4.09. The summed E-state index contributed by atoms with van der Waals surface area (Å²) in [4.78, 5) is 24.8. The zero-order valence-electron chi connectivity index (χ0n) is 15.7. The highest BCUT2D eigenvalue weighted by molar-refractivity contribution is 7.92. The molecule has 156 valence electrons. The molecule has 8 nitrogen and oxygen atoms in total. The molecule has 1 heterocycles. The fourth-order valence-corrected chi connectivity index (χ4v) is 4.63. The molecule has 0 fully saturated rings. The quantitative estimate of drug-likeness (QED) is 0.425. The average molecular weight is 445 g/mol. The van der Waals surface area contributed by atoms with Gasteiger partial charge in [0.1, 0.15) is 0 Å². The molecule has 0 saturated heterocycles. The maximum absolute atomic E-state index is 12.6. The van der Waals surface area contributed by atoms with Crippen molar-refractivity contribution in [2.24, 2.45) is 5.73 Å². The first-order chi connectivity index (χ1) is 14.3. The molecule has 30 heavy (non-hydrogen) atoms. The topological polar surface area (TPSA) is 130 Å². The third kappa shape index (κ3) is 5.58. The van der Waals surface area contributed by atoms with Gasteiger partial charge in [0.05, 0.1) is 28.7 Å². The number of sulfonamides is 1. The Balaban J connectivity index is 1.75. The molecule has 3 amide bonds. The van der Waals surface area contributed by atoms with Crippen LogP contribution in [0.2, 0.25) is 0 Å². The number of benzene rings is 2. The minimum absolute atomic E-state index is 0.0662. The summed E-state index contributed by atoms with van der Waals surface area (Å²) in [7, 11) is -3.82. The van der Waals surface area contributed by atoms with Crippen LogP contribution in [0.1, 0.15) is 17.3 Å². The van der Waals surface area contributed by atoms with E-state index in [9.17, 15) is 18.0 Å². The first-order valence-electron chi connectivity index (χ1n) is 8.91. The van der Waals surface area contributed by atoms with Crippen LogP contribution in [0, 0.1) is 0 Å². The number of nitrogens with one attached hydrogen (secondary N) is 3. The summed E-state index contributed by atoms with van der Waals surface area (Å²) in [5, 5.41) is 7.08. The smallest absolute Gasteiger partial charge is 0.312 e. The number of rotatable bonds is 8. The Morgan fingerprint density at radius 2 is 1.60 bits per heavy atom. The van der Waals surface area contributed by atoms with Gasteiger partial charge in [0.15, 0.2) is 0 Å². The summed E-state index contributed by atoms with van der Waals surface area (Å²) in [6.07, 6.45) is -0.0662. The van der Waals surface area contributed by atoms with Crippen LogP contribution in [0.3, 0.4) is 0 Å².